The molecule has 2 aromatic rings. The number of hydrogen-bond donors (Lipinski definition) is 1. The summed E-state index contributed by atoms with van der Waals surface area (Å²) in [5, 5.41) is 2.17. The summed E-state index contributed by atoms with van der Waals surface area (Å²) in [6.45, 7) is 3.20. The standard InChI is InChI=1S/C17H14ClF3N2O3/c1-8-6-10(16(25)26-3)7-9(2)13(8)23-15(24)14-11(17(19,20)21)4-5-12(18)22-14/h4-7H,1-3H3,(H,23,24). The zero-order valence-electron chi connectivity index (χ0n) is 14.0. The van der Waals surface area contributed by atoms with Crippen molar-refractivity contribution < 1.29 is 27.5 Å². The molecule has 26 heavy (non-hydrogen) atoms. The Hall–Kier alpha value is -2.61. The van der Waals surface area contributed by atoms with Crippen LogP contribution in [-0.4, -0.2) is 24.0 Å². The summed E-state index contributed by atoms with van der Waals surface area (Å²) < 4.78 is 43.9. The van der Waals surface area contributed by atoms with Crippen molar-refractivity contribution in [1.82, 2.24) is 4.98 Å². The molecule has 9 heteroatoms. The van der Waals surface area contributed by atoms with E-state index in [1.165, 1.54) is 19.2 Å². The molecule has 0 saturated carbocycles. The van der Waals surface area contributed by atoms with E-state index in [9.17, 15) is 22.8 Å². The van der Waals surface area contributed by atoms with Gasteiger partial charge in [-0.15, -0.1) is 0 Å². The summed E-state index contributed by atoms with van der Waals surface area (Å²) in [6.07, 6.45) is -4.76. The van der Waals surface area contributed by atoms with Crippen molar-refractivity contribution in [2.24, 2.45) is 0 Å². The molecule has 1 N–H and O–H groups in total. The van der Waals surface area contributed by atoms with Crippen molar-refractivity contribution in [3.63, 3.8) is 0 Å². The summed E-state index contributed by atoms with van der Waals surface area (Å²) in [6, 6.07) is 4.59. The molecule has 0 fully saturated rings. The third-order valence-corrected chi connectivity index (χ3v) is 3.78. The number of aryl methyl sites for hydroxylation is 2. The number of anilines is 1. The van der Waals surface area contributed by atoms with Crippen LogP contribution in [0.25, 0.3) is 0 Å². The number of methoxy groups -OCH3 is 1. The van der Waals surface area contributed by atoms with E-state index in [-0.39, 0.29) is 16.4 Å². The number of benzene rings is 1. The van der Waals surface area contributed by atoms with Gasteiger partial charge in [0.2, 0.25) is 0 Å². The molecule has 0 aliphatic heterocycles. The molecule has 1 amide bonds. The number of amides is 1. The Morgan fingerprint density at radius 3 is 2.23 bits per heavy atom. The predicted octanol–water partition coefficient (Wildman–Crippen LogP) is 4.41. The maximum absolute atomic E-state index is 13.1. The fourth-order valence-corrected chi connectivity index (χ4v) is 2.55. The first-order chi connectivity index (χ1) is 12.0. The predicted molar refractivity (Wildman–Crippen MR) is 89.5 cm³/mol. The van der Waals surface area contributed by atoms with Crippen LogP contribution in [0.3, 0.4) is 0 Å². The van der Waals surface area contributed by atoms with Crippen molar-refractivity contribution >= 4 is 29.2 Å². The van der Waals surface area contributed by atoms with Crippen molar-refractivity contribution in [3.8, 4) is 0 Å². The summed E-state index contributed by atoms with van der Waals surface area (Å²) >= 11 is 5.64. The summed E-state index contributed by atoms with van der Waals surface area (Å²) in [4.78, 5) is 27.5. The van der Waals surface area contributed by atoms with Gasteiger partial charge in [-0.25, -0.2) is 9.78 Å². The van der Waals surface area contributed by atoms with Crippen LogP contribution in [0.5, 0.6) is 0 Å². The minimum atomic E-state index is -4.76. The molecule has 1 aromatic carbocycles. The van der Waals surface area contributed by atoms with Gasteiger partial charge in [-0.1, -0.05) is 11.6 Å². The van der Waals surface area contributed by atoms with Gasteiger partial charge in [0.15, 0.2) is 0 Å². The first-order valence-corrected chi connectivity index (χ1v) is 7.67. The molecule has 2 rings (SSSR count). The van der Waals surface area contributed by atoms with Gasteiger partial charge in [0, 0.05) is 5.69 Å². The van der Waals surface area contributed by atoms with Crippen LogP contribution in [0.1, 0.15) is 37.5 Å². The zero-order chi connectivity index (χ0) is 19.6. The number of nitrogens with one attached hydrogen (secondary N) is 1. The van der Waals surface area contributed by atoms with Gasteiger partial charge >= 0.3 is 12.1 Å². The summed E-state index contributed by atoms with van der Waals surface area (Å²) in [5.74, 6) is -1.62. The first-order valence-electron chi connectivity index (χ1n) is 7.29. The monoisotopic (exact) mass is 386 g/mol. The topological polar surface area (TPSA) is 68.3 Å². The normalized spacial score (nSPS) is 11.2. The number of rotatable bonds is 3. The number of carbonyl (C=O) groups excluding carboxylic acids is 2. The van der Waals surface area contributed by atoms with E-state index in [1.54, 1.807) is 13.8 Å². The third kappa shape index (κ3) is 4.13. The molecule has 0 aliphatic carbocycles. The lowest BCUT2D eigenvalue weighted by atomic mass is 10.0. The molecule has 0 bridgehead atoms. The van der Waals surface area contributed by atoms with Gasteiger partial charge in [0.05, 0.1) is 18.2 Å². The number of aromatic nitrogens is 1. The molecular formula is C17H14ClF3N2O3. The molecule has 138 valence electrons. The van der Waals surface area contributed by atoms with Crippen molar-refractivity contribution in [2.75, 3.05) is 12.4 Å². The molecule has 1 heterocycles. The Labute approximate surface area is 152 Å². The lowest BCUT2D eigenvalue weighted by Gasteiger charge is -2.15. The second-order valence-electron chi connectivity index (χ2n) is 5.46. The van der Waals surface area contributed by atoms with Gasteiger partial charge in [-0.05, 0) is 49.2 Å². The molecule has 0 atom stereocenters. The molecule has 0 aliphatic rings. The van der Waals surface area contributed by atoms with Gasteiger partial charge in [-0.2, -0.15) is 13.2 Å². The highest BCUT2D eigenvalue weighted by Crippen LogP contribution is 2.33. The van der Waals surface area contributed by atoms with Crippen LogP contribution < -0.4 is 5.32 Å². The fourth-order valence-electron chi connectivity index (χ4n) is 2.41. The van der Waals surface area contributed by atoms with Crippen molar-refractivity contribution in [3.05, 3.63) is 57.4 Å². The minimum absolute atomic E-state index is 0.238. The number of hydrogen-bond acceptors (Lipinski definition) is 4. The zero-order valence-corrected chi connectivity index (χ0v) is 14.7. The van der Waals surface area contributed by atoms with Crippen LogP contribution in [0.15, 0.2) is 24.3 Å². The molecule has 0 unspecified atom stereocenters. The molecule has 0 spiro atoms. The third-order valence-electron chi connectivity index (χ3n) is 3.57. The molecular weight excluding hydrogens is 373 g/mol. The van der Waals surface area contributed by atoms with Crippen LogP contribution in [-0.2, 0) is 10.9 Å². The van der Waals surface area contributed by atoms with Crippen molar-refractivity contribution in [1.29, 1.82) is 0 Å². The van der Waals surface area contributed by atoms with E-state index < -0.39 is 29.3 Å². The summed E-state index contributed by atoms with van der Waals surface area (Å²) in [5.41, 5.74) is -0.527. The number of esters is 1. The van der Waals surface area contributed by atoms with Gasteiger partial charge in [0.1, 0.15) is 10.8 Å². The van der Waals surface area contributed by atoms with E-state index >= 15 is 0 Å². The number of halogens is 4. The Balaban J connectivity index is 2.43. The van der Waals surface area contributed by atoms with Gasteiger partial charge in [0.25, 0.3) is 5.91 Å². The molecule has 1 aromatic heterocycles. The van der Waals surface area contributed by atoms with Crippen LogP contribution >= 0.6 is 11.6 Å². The lowest BCUT2D eigenvalue weighted by Crippen LogP contribution is -2.21. The second-order valence-corrected chi connectivity index (χ2v) is 5.85. The highest BCUT2D eigenvalue weighted by atomic mass is 35.5. The van der Waals surface area contributed by atoms with E-state index in [2.05, 4.69) is 15.0 Å². The Bertz CT molecular complexity index is 859. The molecule has 0 radical (unpaired) electrons. The number of alkyl halides is 3. The smallest absolute Gasteiger partial charge is 0.418 e. The van der Waals surface area contributed by atoms with Gasteiger partial charge in [-0.3, -0.25) is 4.79 Å². The van der Waals surface area contributed by atoms with E-state index in [0.29, 0.717) is 17.2 Å². The maximum Gasteiger partial charge on any atom is 0.418 e. The lowest BCUT2D eigenvalue weighted by molar-refractivity contribution is -0.138. The van der Waals surface area contributed by atoms with Crippen LogP contribution in [0.2, 0.25) is 5.15 Å². The molecule has 5 nitrogen and oxygen atoms in total. The highest BCUT2D eigenvalue weighted by Gasteiger charge is 2.36. The largest absolute Gasteiger partial charge is 0.465 e. The Kier molecular flexibility index (Phi) is 5.56. The number of nitrogens with zero attached hydrogens (tertiary/aromatic N) is 1. The Morgan fingerprint density at radius 2 is 1.73 bits per heavy atom. The fraction of sp³-hybridized carbons (Fsp3) is 0.235. The highest BCUT2D eigenvalue weighted by molar-refractivity contribution is 6.29. The van der Waals surface area contributed by atoms with E-state index in [4.69, 9.17) is 11.6 Å². The number of carbonyl (C=O) groups is 2. The summed E-state index contributed by atoms with van der Waals surface area (Å²) in [7, 11) is 1.23. The number of ether oxygens (including phenoxy) is 1. The molecule has 0 saturated heterocycles. The first kappa shape index (κ1) is 19.7. The average Bonchev–Trinajstić information content (AvgIpc) is 2.55. The second kappa shape index (κ2) is 7.33. The maximum atomic E-state index is 13.1. The van der Waals surface area contributed by atoms with E-state index in [0.717, 1.165) is 6.07 Å². The van der Waals surface area contributed by atoms with Crippen LogP contribution in [0, 0.1) is 13.8 Å². The van der Waals surface area contributed by atoms with Crippen LogP contribution in [0.4, 0.5) is 18.9 Å². The number of pyridine rings is 1. The van der Waals surface area contributed by atoms with Gasteiger partial charge < -0.3 is 10.1 Å². The Morgan fingerprint density at radius 1 is 1.15 bits per heavy atom. The van der Waals surface area contributed by atoms with E-state index in [1.807, 2.05) is 0 Å². The quantitative estimate of drug-likeness (QED) is 0.626. The average molecular weight is 387 g/mol. The SMILES string of the molecule is COC(=O)c1cc(C)c(NC(=O)c2nc(Cl)ccc2C(F)(F)F)c(C)c1. The van der Waals surface area contributed by atoms with Crippen molar-refractivity contribution in [2.45, 2.75) is 20.0 Å². The minimum Gasteiger partial charge on any atom is -0.465 e.